The first kappa shape index (κ1) is 14.0. The molecule has 0 heterocycles. The Morgan fingerprint density at radius 2 is 2.16 bits per heavy atom. The van der Waals surface area contributed by atoms with Crippen LogP contribution in [0.15, 0.2) is 18.2 Å². The first-order valence-electron chi connectivity index (χ1n) is 6.89. The highest BCUT2D eigenvalue weighted by atomic mass is 19.1. The summed E-state index contributed by atoms with van der Waals surface area (Å²) in [6.45, 7) is 2.34. The maximum atomic E-state index is 13.7. The van der Waals surface area contributed by atoms with Gasteiger partial charge in [0, 0.05) is 5.92 Å². The zero-order chi connectivity index (χ0) is 13.8. The molecule has 0 saturated heterocycles. The minimum atomic E-state index is -0.381. The van der Waals surface area contributed by atoms with E-state index < -0.39 is 0 Å². The van der Waals surface area contributed by atoms with Crippen LogP contribution in [-0.4, -0.2) is 12.5 Å². The Bertz CT molecular complexity index is 461. The fraction of sp³-hybridized carbons (Fsp3) is 0.533. The van der Waals surface area contributed by atoms with Crippen molar-refractivity contribution in [3.8, 4) is 0 Å². The van der Waals surface area contributed by atoms with Crippen molar-refractivity contribution in [1.82, 2.24) is 0 Å². The molecule has 2 atom stereocenters. The molecule has 4 heteroatoms. The van der Waals surface area contributed by atoms with Gasteiger partial charge in [-0.3, -0.25) is 4.79 Å². The van der Waals surface area contributed by atoms with Crippen molar-refractivity contribution in [2.45, 2.75) is 32.6 Å². The van der Waals surface area contributed by atoms with E-state index in [4.69, 9.17) is 5.73 Å². The van der Waals surface area contributed by atoms with Gasteiger partial charge in [0.15, 0.2) is 0 Å². The van der Waals surface area contributed by atoms with Gasteiger partial charge in [-0.15, -0.1) is 0 Å². The highest BCUT2D eigenvalue weighted by Crippen LogP contribution is 2.30. The molecule has 104 valence electrons. The molecule has 1 aliphatic rings. The molecule has 3 nitrogen and oxygen atoms in total. The fourth-order valence-electron chi connectivity index (χ4n) is 2.78. The smallest absolute Gasteiger partial charge is 0.227 e. The van der Waals surface area contributed by atoms with Crippen molar-refractivity contribution in [2.24, 2.45) is 17.6 Å². The molecule has 2 rings (SSSR count). The van der Waals surface area contributed by atoms with E-state index in [1.807, 2.05) is 6.92 Å². The van der Waals surface area contributed by atoms with Crippen LogP contribution < -0.4 is 11.1 Å². The number of carbonyl (C=O) groups excluding carboxylic acids is 1. The molecular formula is C15H21FN2O. The number of benzene rings is 1. The van der Waals surface area contributed by atoms with Crippen molar-refractivity contribution < 1.29 is 9.18 Å². The number of aryl methyl sites for hydroxylation is 1. The lowest BCUT2D eigenvalue weighted by atomic mass is 9.78. The van der Waals surface area contributed by atoms with E-state index >= 15 is 0 Å². The molecule has 0 aliphatic heterocycles. The molecule has 1 fully saturated rings. The van der Waals surface area contributed by atoms with E-state index in [1.165, 1.54) is 6.07 Å². The molecule has 1 saturated carbocycles. The van der Waals surface area contributed by atoms with E-state index in [0.29, 0.717) is 6.54 Å². The summed E-state index contributed by atoms with van der Waals surface area (Å²) < 4.78 is 13.7. The number of anilines is 1. The van der Waals surface area contributed by atoms with Gasteiger partial charge in [-0.05, 0) is 49.9 Å². The number of halogens is 1. The molecular weight excluding hydrogens is 243 g/mol. The summed E-state index contributed by atoms with van der Waals surface area (Å²) >= 11 is 0. The van der Waals surface area contributed by atoms with Crippen LogP contribution in [0.4, 0.5) is 10.1 Å². The molecule has 1 aromatic rings. The maximum absolute atomic E-state index is 13.7. The standard InChI is InChI=1S/C15H21FN2O/c1-10-6-7-14(13(16)8-10)18-15(19)12-5-3-2-4-11(12)9-17/h6-8,11-12H,2-5,9,17H2,1H3,(H,18,19). The van der Waals surface area contributed by atoms with Crippen LogP contribution in [0.3, 0.4) is 0 Å². The minimum Gasteiger partial charge on any atom is -0.330 e. The normalized spacial score (nSPS) is 23.1. The Hall–Kier alpha value is -1.42. The molecule has 19 heavy (non-hydrogen) atoms. The van der Waals surface area contributed by atoms with E-state index in [1.54, 1.807) is 12.1 Å². The predicted octanol–water partition coefficient (Wildman–Crippen LogP) is 2.84. The molecule has 2 unspecified atom stereocenters. The van der Waals surface area contributed by atoms with Gasteiger partial charge in [-0.25, -0.2) is 4.39 Å². The lowest BCUT2D eigenvalue weighted by Crippen LogP contribution is -2.35. The van der Waals surface area contributed by atoms with Gasteiger partial charge in [-0.2, -0.15) is 0 Å². The zero-order valence-electron chi connectivity index (χ0n) is 11.3. The van der Waals surface area contributed by atoms with Crippen LogP contribution in [0.2, 0.25) is 0 Å². The Morgan fingerprint density at radius 1 is 1.42 bits per heavy atom. The monoisotopic (exact) mass is 264 g/mol. The second kappa shape index (κ2) is 6.15. The fourth-order valence-corrected chi connectivity index (χ4v) is 2.78. The average Bonchev–Trinajstić information content (AvgIpc) is 2.41. The number of rotatable bonds is 3. The Morgan fingerprint density at radius 3 is 2.84 bits per heavy atom. The van der Waals surface area contributed by atoms with E-state index in [0.717, 1.165) is 31.2 Å². The number of amides is 1. The van der Waals surface area contributed by atoms with Crippen molar-refractivity contribution in [1.29, 1.82) is 0 Å². The topological polar surface area (TPSA) is 55.1 Å². The van der Waals surface area contributed by atoms with E-state index in [2.05, 4.69) is 5.32 Å². The Kier molecular flexibility index (Phi) is 4.53. The number of hydrogen-bond donors (Lipinski definition) is 2. The number of carbonyl (C=O) groups is 1. The van der Waals surface area contributed by atoms with Gasteiger partial charge in [0.1, 0.15) is 5.82 Å². The molecule has 0 radical (unpaired) electrons. The van der Waals surface area contributed by atoms with Gasteiger partial charge >= 0.3 is 0 Å². The summed E-state index contributed by atoms with van der Waals surface area (Å²) in [6.07, 6.45) is 4.02. The zero-order valence-corrected chi connectivity index (χ0v) is 11.3. The molecule has 0 aromatic heterocycles. The van der Waals surface area contributed by atoms with Crippen LogP contribution in [0, 0.1) is 24.6 Å². The van der Waals surface area contributed by atoms with E-state index in [9.17, 15) is 9.18 Å². The highest BCUT2D eigenvalue weighted by Gasteiger charge is 2.30. The third-order valence-electron chi connectivity index (χ3n) is 3.93. The number of hydrogen-bond acceptors (Lipinski definition) is 2. The highest BCUT2D eigenvalue weighted by molar-refractivity contribution is 5.93. The van der Waals surface area contributed by atoms with Crippen molar-refractivity contribution in [3.63, 3.8) is 0 Å². The Labute approximate surface area is 113 Å². The first-order valence-corrected chi connectivity index (χ1v) is 6.89. The van der Waals surface area contributed by atoms with Crippen molar-refractivity contribution in [3.05, 3.63) is 29.6 Å². The van der Waals surface area contributed by atoms with Gasteiger partial charge < -0.3 is 11.1 Å². The lowest BCUT2D eigenvalue weighted by molar-refractivity contribution is -0.122. The summed E-state index contributed by atoms with van der Waals surface area (Å²) in [7, 11) is 0. The molecule has 3 N–H and O–H groups in total. The van der Waals surface area contributed by atoms with Crippen molar-refractivity contribution in [2.75, 3.05) is 11.9 Å². The quantitative estimate of drug-likeness (QED) is 0.882. The number of nitrogens with one attached hydrogen (secondary N) is 1. The van der Waals surface area contributed by atoms with E-state index in [-0.39, 0.29) is 29.2 Å². The average molecular weight is 264 g/mol. The summed E-state index contributed by atoms with van der Waals surface area (Å²) in [6, 6.07) is 4.83. The third-order valence-corrected chi connectivity index (χ3v) is 3.93. The Balaban J connectivity index is 2.07. The van der Waals surface area contributed by atoms with Gasteiger partial charge in [-0.1, -0.05) is 18.9 Å². The third kappa shape index (κ3) is 3.32. The molecule has 1 aliphatic carbocycles. The maximum Gasteiger partial charge on any atom is 0.227 e. The lowest BCUT2D eigenvalue weighted by Gasteiger charge is -2.29. The first-order chi connectivity index (χ1) is 9.11. The predicted molar refractivity (Wildman–Crippen MR) is 74.3 cm³/mol. The molecule has 0 bridgehead atoms. The number of nitrogens with two attached hydrogens (primary N) is 1. The van der Waals surface area contributed by atoms with Gasteiger partial charge in [0.05, 0.1) is 5.69 Å². The van der Waals surface area contributed by atoms with Crippen LogP contribution >= 0.6 is 0 Å². The van der Waals surface area contributed by atoms with Gasteiger partial charge in [0.25, 0.3) is 0 Å². The SMILES string of the molecule is Cc1ccc(NC(=O)C2CCCCC2CN)c(F)c1. The second-order valence-electron chi connectivity index (χ2n) is 5.36. The second-order valence-corrected chi connectivity index (χ2v) is 5.36. The van der Waals surface area contributed by atoms with Crippen LogP contribution in [0.5, 0.6) is 0 Å². The molecule has 1 amide bonds. The van der Waals surface area contributed by atoms with Crippen molar-refractivity contribution >= 4 is 11.6 Å². The van der Waals surface area contributed by atoms with Crippen LogP contribution in [0.1, 0.15) is 31.2 Å². The van der Waals surface area contributed by atoms with Crippen LogP contribution in [0.25, 0.3) is 0 Å². The van der Waals surface area contributed by atoms with Crippen LogP contribution in [-0.2, 0) is 4.79 Å². The molecule has 1 aromatic carbocycles. The largest absolute Gasteiger partial charge is 0.330 e. The summed E-state index contributed by atoms with van der Waals surface area (Å²) in [5.74, 6) is -0.340. The molecule has 0 spiro atoms. The summed E-state index contributed by atoms with van der Waals surface area (Å²) in [5, 5.41) is 2.70. The summed E-state index contributed by atoms with van der Waals surface area (Å²) in [5.41, 5.74) is 6.82. The summed E-state index contributed by atoms with van der Waals surface area (Å²) in [4.78, 5) is 12.2. The minimum absolute atomic E-state index is 0.0838. The van der Waals surface area contributed by atoms with Gasteiger partial charge in [0.2, 0.25) is 5.91 Å².